The molecule has 2 aromatic carbocycles. The molecule has 0 unspecified atom stereocenters. The molecule has 0 aliphatic rings. The molecule has 1 aromatic heterocycles. The van der Waals surface area contributed by atoms with Crippen molar-refractivity contribution in [2.24, 2.45) is 0 Å². The molecule has 0 atom stereocenters. The van der Waals surface area contributed by atoms with Crippen LogP contribution >= 0.6 is 11.3 Å². The van der Waals surface area contributed by atoms with Crippen molar-refractivity contribution in [1.82, 2.24) is 4.98 Å². The molecular weight excluding hydrogens is 228 g/mol. The predicted octanol–water partition coefficient (Wildman–Crippen LogP) is 3.83. The van der Waals surface area contributed by atoms with E-state index in [0.717, 1.165) is 20.8 Å². The van der Waals surface area contributed by atoms with Crippen molar-refractivity contribution >= 4 is 21.6 Å². The van der Waals surface area contributed by atoms with Gasteiger partial charge in [-0.2, -0.15) is 5.26 Å². The van der Waals surface area contributed by atoms with Gasteiger partial charge in [-0.15, -0.1) is 11.3 Å². The monoisotopic (exact) mass is 236 g/mol. The van der Waals surface area contributed by atoms with E-state index in [9.17, 15) is 0 Å². The summed E-state index contributed by atoms with van der Waals surface area (Å²) in [6, 6.07) is 17.9. The van der Waals surface area contributed by atoms with Crippen molar-refractivity contribution in [3.63, 3.8) is 0 Å². The smallest absolute Gasteiger partial charge is 0.124 e. The Morgan fingerprint density at radius 2 is 1.82 bits per heavy atom. The van der Waals surface area contributed by atoms with Crippen LogP contribution in [0.2, 0.25) is 0 Å². The zero-order chi connectivity index (χ0) is 11.7. The van der Waals surface area contributed by atoms with Crippen LogP contribution in [0.1, 0.15) is 5.56 Å². The van der Waals surface area contributed by atoms with Crippen molar-refractivity contribution in [1.29, 1.82) is 5.26 Å². The largest absolute Gasteiger partial charge is 0.235 e. The molecule has 0 aliphatic heterocycles. The first-order valence-corrected chi connectivity index (χ1v) is 6.05. The SMILES string of the molecule is N#Cc1cccc2sc(-c3ccccc3)nc12. The lowest BCUT2D eigenvalue weighted by Gasteiger charge is -1.92. The highest BCUT2D eigenvalue weighted by atomic mass is 32.1. The summed E-state index contributed by atoms with van der Waals surface area (Å²) in [7, 11) is 0. The molecule has 80 valence electrons. The number of benzene rings is 2. The molecule has 3 rings (SSSR count). The van der Waals surface area contributed by atoms with Crippen LogP contribution in [0, 0.1) is 11.3 Å². The molecule has 0 amide bonds. The summed E-state index contributed by atoms with van der Waals surface area (Å²) >= 11 is 1.62. The summed E-state index contributed by atoms with van der Waals surface area (Å²) in [6.07, 6.45) is 0. The fourth-order valence-corrected chi connectivity index (χ4v) is 2.74. The Kier molecular flexibility index (Phi) is 2.36. The van der Waals surface area contributed by atoms with Gasteiger partial charge in [-0.1, -0.05) is 36.4 Å². The highest BCUT2D eigenvalue weighted by Gasteiger charge is 2.08. The third-order valence-corrected chi connectivity index (χ3v) is 3.63. The number of para-hydroxylation sites is 1. The van der Waals surface area contributed by atoms with Crippen LogP contribution in [0.3, 0.4) is 0 Å². The van der Waals surface area contributed by atoms with E-state index in [2.05, 4.69) is 11.1 Å². The van der Waals surface area contributed by atoms with Gasteiger partial charge in [0.15, 0.2) is 0 Å². The molecule has 0 fully saturated rings. The fraction of sp³-hybridized carbons (Fsp3) is 0. The second-order valence-electron chi connectivity index (χ2n) is 3.65. The second kappa shape index (κ2) is 4.00. The van der Waals surface area contributed by atoms with Gasteiger partial charge in [0.05, 0.1) is 15.8 Å². The number of thiazole rings is 1. The van der Waals surface area contributed by atoms with Crippen LogP contribution in [-0.4, -0.2) is 4.98 Å². The van der Waals surface area contributed by atoms with Crippen LogP contribution in [0.15, 0.2) is 48.5 Å². The van der Waals surface area contributed by atoms with Crippen LogP contribution in [-0.2, 0) is 0 Å². The van der Waals surface area contributed by atoms with Crippen molar-refractivity contribution in [2.75, 3.05) is 0 Å². The van der Waals surface area contributed by atoms with Gasteiger partial charge in [0, 0.05) is 5.56 Å². The van der Waals surface area contributed by atoms with E-state index in [-0.39, 0.29) is 0 Å². The fourth-order valence-electron chi connectivity index (χ4n) is 1.74. The quantitative estimate of drug-likeness (QED) is 0.643. The molecule has 17 heavy (non-hydrogen) atoms. The molecule has 0 N–H and O–H groups in total. The summed E-state index contributed by atoms with van der Waals surface area (Å²) in [5.41, 5.74) is 2.54. The van der Waals surface area contributed by atoms with E-state index >= 15 is 0 Å². The van der Waals surface area contributed by atoms with Gasteiger partial charge in [0.25, 0.3) is 0 Å². The van der Waals surface area contributed by atoms with E-state index in [1.165, 1.54) is 0 Å². The van der Waals surface area contributed by atoms with Gasteiger partial charge in [-0.05, 0) is 12.1 Å². The second-order valence-corrected chi connectivity index (χ2v) is 4.68. The van der Waals surface area contributed by atoms with Crippen LogP contribution in [0.4, 0.5) is 0 Å². The van der Waals surface area contributed by atoms with E-state index in [4.69, 9.17) is 5.26 Å². The third kappa shape index (κ3) is 1.69. The average Bonchev–Trinajstić information content (AvgIpc) is 2.83. The van der Waals surface area contributed by atoms with Crippen molar-refractivity contribution in [3.8, 4) is 16.6 Å². The molecule has 0 saturated carbocycles. The predicted molar refractivity (Wildman–Crippen MR) is 69.8 cm³/mol. The molecular formula is C14H8N2S. The zero-order valence-electron chi connectivity index (χ0n) is 8.92. The Labute approximate surface area is 103 Å². The minimum absolute atomic E-state index is 0.640. The Balaban J connectivity index is 2.25. The Morgan fingerprint density at radius 3 is 2.59 bits per heavy atom. The van der Waals surface area contributed by atoms with Crippen LogP contribution in [0.5, 0.6) is 0 Å². The first-order valence-electron chi connectivity index (χ1n) is 5.23. The standard InChI is InChI=1S/C14H8N2S/c15-9-11-7-4-8-12-13(11)16-14(17-12)10-5-2-1-3-6-10/h1-8H. The summed E-state index contributed by atoms with van der Waals surface area (Å²) in [4.78, 5) is 4.55. The molecule has 2 nitrogen and oxygen atoms in total. The molecule has 0 bridgehead atoms. The van der Waals surface area contributed by atoms with E-state index < -0.39 is 0 Å². The molecule has 0 aliphatic carbocycles. The molecule has 1 heterocycles. The Hall–Kier alpha value is -2.18. The van der Waals surface area contributed by atoms with Gasteiger partial charge < -0.3 is 0 Å². The van der Waals surface area contributed by atoms with Gasteiger partial charge in [-0.3, -0.25) is 0 Å². The van der Waals surface area contributed by atoms with Crippen molar-refractivity contribution in [3.05, 3.63) is 54.1 Å². The summed E-state index contributed by atoms with van der Waals surface area (Å²) in [5, 5.41) is 9.99. The Morgan fingerprint density at radius 1 is 1.00 bits per heavy atom. The molecule has 0 saturated heterocycles. The maximum absolute atomic E-state index is 9.03. The van der Waals surface area contributed by atoms with E-state index in [1.807, 2.05) is 42.5 Å². The lowest BCUT2D eigenvalue weighted by Crippen LogP contribution is -1.78. The number of hydrogen-bond acceptors (Lipinski definition) is 3. The first-order chi connectivity index (χ1) is 8.38. The average molecular weight is 236 g/mol. The van der Waals surface area contributed by atoms with Crippen LogP contribution in [0.25, 0.3) is 20.8 Å². The molecule has 3 heteroatoms. The van der Waals surface area contributed by atoms with Gasteiger partial charge in [0.2, 0.25) is 0 Å². The number of fused-ring (bicyclic) bond motifs is 1. The Bertz CT molecular complexity index is 708. The number of rotatable bonds is 1. The lowest BCUT2D eigenvalue weighted by atomic mass is 10.2. The van der Waals surface area contributed by atoms with Gasteiger partial charge >= 0.3 is 0 Å². The molecule has 3 aromatic rings. The topological polar surface area (TPSA) is 36.7 Å². The number of hydrogen-bond donors (Lipinski definition) is 0. The summed E-state index contributed by atoms with van der Waals surface area (Å²) in [6.45, 7) is 0. The maximum atomic E-state index is 9.03. The van der Waals surface area contributed by atoms with Gasteiger partial charge in [-0.25, -0.2) is 4.98 Å². The van der Waals surface area contributed by atoms with Crippen molar-refractivity contribution in [2.45, 2.75) is 0 Å². The highest BCUT2D eigenvalue weighted by Crippen LogP contribution is 2.31. The molecule has 0 radical (unpaired) electrons. The third-order valence-electron chi connectivity index (χ3n) is 2.56. The number of nitrogens with zero attached hydrogens (tertiary/aromatic N) is 2. The minimum Gasteiger partial charge on any atom is -0.235 e. The van der Waals surface area contributed by atoms with Gasteiger partial charge in [0.1, 0.15) is 11.1 Å². The lowest BCUT2D eigenvalue weighted by molar-refractivity contribution is 1.44. The van der Waals surface area contributed by atoms with E-state index in [1.54, 1.807) is 17.4 Å². The number of aromatic nitrogens is 1. The first kappa shape index (κ1) is 10.0. The molecule has 0 spiro atoms. The summed E-state index contributed by atoms with van der Waals surface area (Å²) < 4.78 is 1.06. The zero-order valence-corrected chi connectivity index (χ0v) is 9.74. The van der Waals surface area contributed by atoms with Crippen LogP contribution < -0.4 is 0 Å². The minimum atomic E-state index is 0.640. The highest BCUT2D eigenvalue weighted by molar-refractivity contribution is 7.21. The van der Waals surface area contributed by atoms with E-state index in [0.29, 0.717) is 5.56 Å². The summed E-state index contributed by atoms with van der Waals surface area (Å²) in [5.74, 6) is 0. The normalized spacial score (nSPS) is 10.3. The number of nitriles is 1. The maximum Gasteiger partial charge on any atom is 0.124 e. The van der Waals surface area contributed by atoms with Crippen molar-refractivity contribution < 1.29 is 0 Å².